The van der Waals surface area contributed by atoms with Crippen LogP contribution in [0.15, 0.2) is 18.2 Å². The summed E-state index contributed by atoms with van der Waals surface area (Å²) < 4.78 is 0. The molecule has 0 saturated carbocycles. The molecule has 0 aliphatic carbocycles. The normalized spacial score (nSPS) is 28.6. The second-order valence-corrected chi connectivity index (χ2v) is 8.30. The van der Waals surface area contributed by atoms with Gasteiger partial charge in [-0.05, 0) is 69.7 Å². The largest absolute Gasteiger partial charge is 0.371 e. The third-order valence-electron chi connectivity index (χ3n) is 6.88. The molecule has 4 nitrogen and oxygen atoms in total. The summed E-state index contributed by atoms with van der Waals surface area (Å²) in [5, 5.41) is 3.10. The zero-order valence-electron chi connectivity index (χ0n) is 15.7. The number of likely N-dealkylation sites (tertiary alicyclic amines) is 1. The molecule has 3 fully saturated rings. The molecule has 3 saturated heterocycles. The lowest BCUT2D eigenvalue weighted by molar-refractivity contribution is -0.132. The molecule has 0 bridgehead atoms. The summed E-state index contributed by atoms with van der Waals surface area (Å²) >= 11 is 0. The van der Waals surface area contributed by atoms with E-state index in [0.717, 1.165) is 52.0 Å². The third kappa shape index (κ3) is 3.05. The van der Waals surface area contributed by atoms with Crippen LogP contribution >= 0.6 is 0 Å². The van der Waals surface area contributed by atoms with Gasteiger partial charge in [0, 0.05) is 37.9 Å². The van der Waals surface area contributed by atoms with Gasteiger partial charge in [0.1, 0.15) is 0 Å². The fourth-order valence-electron chi connectivity index (χ4n) is 5.09. The van der Waals surface area contributed by atoms with E-state index in [1.54, 1.807) is 0 Å². The van der Waals surface area contributed by atoms with Crippen molar-refractivity contribution >= 4 is 11.6 Å². The molecule has 0 radical (unpaired) electrons. The number of benzene rings is 1. The van der Waals surface area contributed by atoms with Crippen molar-refractivity contribution in [1.29, 1.82) is 0 Å². The van der Waals surface area contributed by atoms with Crippen molar-refractivity contribution in [3.8, 4) is 0 Å². The van der Waals surface area contributed by atoms with Crippen LogP contribution in [0.2, 0.25) is 0 Å². The van der Waals surface area contributed by atoms with E-state index in [4.69, 9.17) is 0 Å². The van der Waals surface area contributed by atoms with Crippen LogP contribution in [0.3, 0.4) is 0 Å². The van der Waals surface area contributed by atoms with Crippen LogP contribution in [-0.4, -0.2) is 49.6 Å². The standard InChI is InChI=1S/C21H31N3O/c1-16-5-3-6-19(17(16)2)23-12-7-18(8-13-23)24-14-10-21(15-24)9-4-11-22-20(21)25/h3,5-6,18H,4,7-15H2,1-2H3,(H,22,25). The Kier molecular flexibility index (Phi) is 4.48. The van der Waals surface area contributed by atoms with Gasteiger partial charge in [0.25, 0.3) is 0 Å². The first-order valence-corrected chi connectivity index (χ1v) is 9.93. The van der Waals surface area contributed by atoms with E-state index in [9.17, 15) is 4.79 Å². The van der Waals surface area contributed by atoms with Gasteiger partial charge in [0.05, 0.1) is 5.41 Å². The number of aryl methyl sites for hydroxylation is 1. The van der Waals surface area contributed by atoms with Crippen molar-refractivity contribution in [3.63, 3.8) is 0 Å². The highest BCUT2D eigenvalue weighted by atomic mass is 16.2. The van der Waals surface area contributed by atoms with Gasteiger partial charge in [0.15, 0.2) is 0 Å². The number of hydrogen-bond donors (Lipinski definition) is 1. The molecule has 3 aliphatic heterocycles. The van der Waals surface area contributed by atoms with Crippen LogP contribution in [0.4, 0.5) is 5.69 Å². The SMILES string of the molecule is Cc1cccc(N2CCC(N3CCC4(CCCNC4=O)C3)CC2)c1C. The van der Waals surface area contributed by atoms with Crippen LogP contribution in [0.5, 0.6) is 0 Å². The Hall–Kier alpha value is -1.55. The van der Waals surface area contributed by atoms with E-state index in [-0.39, 0.29) is 5.41 Å². The Morgan fingerprint density at radius 1 is 1.12 bits per heavy atom. The van der Waals surface area contributed by atoms with E-state index >= 15 is 0 Å². The minimum Gasteiger partial charge on any atom is -0.371 e. The van der Waals surface area contributed by atoms with E-state index in [1.807, 2.05) is 0 Å². The maximum absolute atomic E-state index is 12.4. The second kappa shape index (κ2) is 6.64. The summed E-state index contributed by atoms with van der Waals surface area (Å²) in [7, 11) is 0. The molecule has 1 atom stereocenters. The van der Waals surface area contributed by atoms with Gasteiger partial charge in [0.2, 0.25) is 5.91 Å². The number of carbonyl (C=O) groups excluding carboxylic acids is 1. The van der Waals surface area contributed by atoms with Crippen LogP contribution in [-0.2, 0) is 4.79 Å². The number of anilines is 1. The van der Waals surface area contributed by atoms with Crippen molar-refractivity contribution in [2.45, 2.75) is 52.0 Å². The zero-order valence-corrected chi connectivity index (χ0v) is 15.7. The maximum atomic E-state index is 12.4. The number of carbonyl (C=O) groups is 1. The summed E-state index contributed by atoms with van der Waals surface area (Å²) in [4.78, 5) is 17.6. The summed E-state index contributed by atoms with van der Waals surface area (Å²) in [6, 6.07) is 7.29. The van der Waals surface area contributed by atoms with Crippen LogP contribution in [0.1, 0.15) is 43.2 Å². The van der Waals surface area contributed by atoms with Crippen LogP contribution in [0.25, 0.3) is 0 Å². The average molecular weight is 341 g/mol. The first kappa shape index (κ1) is 16.9. The number of nitrogens with zero attached hydrogens (tertiary/aromatic N) is 2. The smallest absolute Gasteiger partial charge is 0.227 e. The van der Waals surface area contributed by atoms with Gasteiger partial charge < -0.3 is 10.2 Å². The Balaban J connectivity index is 1.38. The monoisotopic (exact) mass is 341 g/mol. The lowest BCUT2D eigenvalue weighted by Gasteiger charge is -2.39. The molecular weight excluding hydrogens is 310 g/mol. The van der Waals surface area contributed by atoms with E-state index in [2.05, 4.69) is 47.2 Å². The molecule has 1 unspecified atom stereocenters. The van der Waals surface area contributed by atoms with Gasteiger partial charge in [-0.3, -0.25) is 9.69 Å². The molecule has 4 heteroatoms. The third-order valence-corrected chi connectivity index (χ3v) is 6.88. The van der Waals surface area contributed by atoms with Gasteiger partial charge in [-0.25, -0.2) is 0 Å². The predicted molar refractivity (Wildman–Crippen MR) is 102 cm³/mol. The Labute approximate surface area is 151 Å². The second-order valence-electron chi connectivity index (χ2n) is 8.30. The summed E-state index contributed by atoms with van der Waals surface area (Å²) in [5.74, 6) is 0.314. The molecule has 1 spiro atoms. The van der Waals surface area contributed by atoms with E-state index < -0.39 is 0 Å². The van der Waals surface area contributed by atoms with Gasteiger partial charge in [-0.1, -0.05) is 12.1 Å². The first-order valence-electron chi connectivity index (χ1n) is 9.93. The van der Waals surface area contributed by atoms with Gasteiger partial charge in [-0.15, -0.1) is 0 Å². The van der Waals surface area contributed by atoms with Crippen molar-refractivity contribution in [3.05, 3.63) is 29.3 Å². The van der Waals surface area contributed by atoms with Crippen molar-refractivity contribution < 1.29 is 4.79 Å². The molecule has 0 aromatic heterocycles. The predicted octanol–water partition coefficient (Wildman–Crippen LogP) is 2.87. The highest BCUT2D eigenvalue weighted by Gasteiger charge is 2.47. The zero-order chi connectivity index (χ0) is 17.4. The molecule has 1 aromatic rings. The highest BCUT2D eigenvalue weighted by molar-refractivity contribution is 5.84. The molecule has 4 rings (SSSR count). The molecular formula is C21H31N3O. The molecule has 1 amide bonds. The average Bonchev–Trinajstić information content (AvgIpc) is 3.05. The molecule has 1 aromatic carbocycles. The summed E-state index contributed by atoms with van der Waals surface area (Å²) in [6.07, 6.45) is 5.70. The van der Waals surface area contributed by atoms with Crippen molar-refractivity contribution in [1.82, 2.24) is 10.2 Å². The number of amides is 1. The molecule has 3 heterocycles. The quantitative estimate of drug-likeness (QED) is 0.898. The molecule has 136 valence electrons. The van der Waals surface area contributed by atoms with Crippen molar-refractivity contribution in [2.75, 3.05) is 37.6 Å². The topological polar surface area (TPSA) is 35.6 Å². The van der Waals surface area contributed by atoms with Crippen LogP contribution < -0.4 is 10.2 Å². The minimum absolute atomic E-state index is 0.0808. The van der Waals surface area contributed by atoms with E-state index in [1.165, 1.54) is 29.7 Å². The maximum Gasteiger partial charge on any atom is 0.227 e. The Morgan fingerprint density at radius 2 is 1.92 bits per heavy atom. The molecule has 3 aliphatic rings. The lowest BCUT2D eigenvalue weighted by atomic mass is 9.79. The Bertz CT molecular complexity index is 651. The fourth-order valence-corrected chi connectivity index (χ4v) is 5.09. The lowest BCUT2D eigenvalue weighted by Crippen LogP contribution is -2.49. The molecule has 1 N–H and O–H groups in total. The number of hydrogen-bond acceptors (Lipinski definition) is 3. The molecule has 25 heavy (non-hydrogen) atoms. The summed E-state index contributed by atoms with van der Waals surface area (Å²) in [5.41, 5.74) is 4.12. The number of piperidine rings is 2. The highest BCUT2D eigenvalue weighted by Crippen LogP contribution is 2.39. The number of rotatable bonds is 2. The number of nitrogens with one attached hydrogen (secondary N) is 1. The van der Waals surface area contributed by atoms with Gasteiger partial charge >= 0.3 is 0 Å². The van der Waals surface area contributed by atoms with Crippen LogP contribution in [0, 0.1) is 19.3 Å². The van der Waals surface area contributed by atoms with Gasteiger partial charge in [-0.2, -0.15) is 0 Å². The minimum atomic E-state index is -0.0808. The summed E-state index contributed by atoms with van der Waals surface area (Å²) in [6.45, 7) is 9.64. The fraction of sp³-hybridized carbons (Fsp3) is 0.667. The van der Waals surface area contributed by atoms with E-state index in [0.29, 0.717) is 11.9 Å². The van der Waals surface area contributed by atoms with Crippen molar-refractivity contribution in [2.24, 2.45) is 5.41 Å². The Morgan fingerprint density at radius 3 is 2.68 bits per heavy atom. The first-order chi connectivity index (χ1) is 12.1.